The summed E-state index contributed by atoms with van der Waals surface area (Å²) < 4.78 is 8.98. The SMILES string of the molecule is c1cc(-c2cccc3c2c2ccccc2n3-c2cccc3c2oc2ccccc23)cc(N(c2ccc(-c3cccc4ccccc34)cc2)c2cccc3ccccc23)c1. The molecule has 0 radical (unpaired) electrons. The van der Waals surface area contributed by atoms with E-state index >= 15 is 0 Å². The molecule has 10 aromatic carbocycles. The Bertz CT molecular complexity index is 3560. The van der Waals surface area contributed by atoms with E-state index in [2.05, 4.69) is 222 Å². The van der Waals surface area contributed by atoms with Crippen molar-refractivity contribution >= 4 is 82.4 Å². The Morgan fingerprint density at radius 2 is 0.983 bits per heavy atom. The van der Waals surface area contributed by atoms with Gasteiger partial charge >= 0.3 is 0 Å². The molecular weight excluding hydrogens is 717 g/mol. The Labute approximate surface area is 341 Å². The molecule has 0 aliphatic carbocycles. The van der Waals surface area contributed by atoms with Gasteiger partial charge in [-0.3, -0.25) is 0 Å². The maximum Gasteiger partial charge on any atom is 0.159 e. The third-order valence-corrected chi connectivity index (χ3v) is 12.0. The van der Waals surface area contributed by atoms with E-state index in [-0.39, 0.29) is 0 Å². The zero-order valence-electron chi connectivity index (χ0n) is 32.1. The van der Waals surface area contributed by atoms with E-state index in [0.717, 1.165) is 61.3 Å². The lowest BCUT2D eigenvalue weighted by Gasteiger charge is -2.27. The fourth-order valence-electron chi connectivity index (χ4n) is 9.34. The summed E-state index contributed by atoms with van der Waals surface area (Å²) in [7, 11) is 0. The molecule has 2 heterocycles. The van der Waals surface area contributed by atoms with Crippen LogP contribution in [0.2, 0.25) is 0 Å². The van der Waals surface area contributed by atoms with Crippen LogP contribution >= 0.6 is 0 Å². The monoisotopic (exact) mass is 752 g/mol. The van der Waals surface area contributed by atoms with Gasteiger partial charge in [0.25, 0.3) is 0 Å². The van der Waals surface area contributed by atoms with Crippen molar-refractivity contribution in [2.75, 3.05) is 4.90 Å². The van der Waals surface area contributed by atoms with E-state index in [1.807, 2.05) is 6.07 Å². The fourth-order valence-corrected chi connectivity index (χ4v) is 9.34. The summed E-state index contributed by atoms with van der Waals surface area (Å²) in [4.78, 5) is 2.41. The predicted molar refractivity (Wildman–Crippen MR) is 249 cm³/mol. The zero-order valence-corrected chi connectivity index (χ0v) is 32.1. The van der Waals surface area contributed by atoms with E-state index < -0.39 is 0 Å². The Kier molecular flexibility index (Phi) is 7.54. The van der Waals surface area contributed by atoms with Crippen LogP contribution in [0.15, 0.2) is 223 Å². The third kappa shape index (κ3) is 5.29. The highest BCUT2D eigenvalue weighted by Crippen LogP contribution is 2.44. The number of rotatable bonds is 6. The van der Waals surface area contributed by atoms with Crippen molar-refractivity contribution in [3.63, 3.8) is 0 Å². The normalized spacial score (nSPS) is 11.7. The number of benzene rings is 10. The van der Waals surface area contributed by atoms with Crippen LogP contribution in [-0.2, 0) is 0 Å². The number of nitrogens with zero attached hydrogens (tertiary/aromatic N) is 2. The lowest BCUT2D eigenvalue weighted by atomic mass is 9.97. The summed E-state index contributed by atoms with van der Waals surface area (Å²) in [6, 6.07) is 78.7. The van der Waals surface area contributed by atoms with Crippen molar-refractivity contribution < 1.29 is 4.42 Å². The predicted octanol–water partition coefficient (Wildman–Crippen LogP) is 15.8. The van der Waals surface area contributed by atoms with Crippen molar-refractivity contribution in [2.45, 2.75) is 0 Å². The van der Waals surface area contributed by atoms with Crippen LogP contribution in [0.3, 0.4) is 0 Å². The molecule has 3 heteroatoms. The molecule has 0 spiro atoms. The van der Waals surface area contributed by atoms with Gasteiger partial charge in [0.2, 0.25) is 0 Å². The Balaban J connectivity index is 1.04. The summed E-state index contributed by atoms with van der Waals surface area (Å²) in [6.07, 6.45) is 0. The molecule has 0 N–H and O–H groups in total. The summed E-state index contributed by atoms with van der Waals surface area (Å²) >= 11 is 0. The van der Waals surface area contributed by atoms with E-state index in [1.165, 1.54) is 49.0 Å². The molecular formula is C56H36N2O. The lowest BCUT2D eigenvalue weighted by molar-refractivity contribution is 0.666. The molecule has 0 atom stereocenters. The van der Waals surface area contributed by atoms with Crippen LogP contribution in [-0.4, -0.2) is 4.57 Å². The van der Waals surface area contributed by atoms with E-state index in [0.29, 0.717) is 0 Å². The van der Waals surface area contributed by atoms with Gasteiger partial charge in [0.05, 0.1) is 22.4 Å². The highest BCUT2D eigenvalue weighted by Gasteiger charge is 2.21. The van der Waals surface area contributed by atoms with Gasteiger partial charge < -0.3 is 13.9 Å². The molecule has 0 fully saturated rings. The highest BCUT2D eigenvalue weighted by molar-refractivity contribution is 6.17. The zero-order chi connectivity index (χ0) is 38.9. The van der Waals surface area contributed by atoms with Crippen LogP contribution in [0.1, 0.15) is 0 Å². The summed E-state index contributed by atoms with van der Waals surface area (Å²) in [6.45, 7) is 0. The maximum atomic E-state index is 6.60. The number of fused-ring (bicyclic) bond motifs is 8. The lowest BCUT2D eigenvalue weighted by Crippen LogP contribution is -2.10. The summed E-state index contributed by atoms with van der Waals surface area (Å²) in [5, 5.41) is 9.56. The molecule has 12 aromatic rings. The summed E-state index contributed by atoms with van der Waals surface area (Å²) in [5.74, 6) is 0. The number of aromatic nitrogens is 1. The first kappa shape index (κ1) is 33.3. The van der Waals surface area contributed by atoms with Gasteiger partial charge in [-0.25, -0.2) is 0 Å². The van der Waals surface area contributed by atoms with Gasteiger partial charge in [-0.15, -0.1) is 0 Å². The minimum Gasteiger partial charge on any atom is -0.454 e. The van der Waals surface area contributed by atoms with Crippen LogP contribution in [0.4, 0.5) is 17.1 Å². The van der Waals surface area contributed by atoms with Crippen molar-refractivity contribution in [1.82, 2.24) is 4.57 Å². The van der Waals surface area contributed by atoms with Gasteiger partial charge in [0, 0.05) is 38.3 Å². The van der Waals surface area contributed by atoms with Crippen molar-refractivity contribution in [3.05, 3.63) is 218 Å². The quantitative estimate of drug-likeness (QED) is 0.169. The second kappa shape index (κ2) is 13.4. The number of hydrogen-bond acceptors (Lipinski definition) is 2. The molecule has 0 aliphatic rings. The van der Waals surface area contributed by atoms with Crippen molar-refractivity contribution in [3.8, 4) is 27.9 Å². The van der Waals surface area contributed by atoms with Gasteiger partial charge in [0.1, 0.15) is 5.58 Å². The first-order valence-electron chi connectivity index (χ1n) is 20.2. The first-order valence-corrected chi connectivity index (χ1v) is 20.2. The van der Waals surface area contributed by atoms with Crippen LogP contribution in [0.25, 0.3) is 93.2 Å². The van der Waals surface area contributed by atoms with Crippen molar-refractivity contribution in [2.24, 2.45) is 0 Å². The minimum absolute atomic E-state index is 0.890. The molecule has 276 valence electrons. The number of hydrogen-bond donors (Lipinski definition) is 0. The molecule has 59 heavy (non-hydrogen) atoms. The number of anilines is 3. The maximum absolute atomic E-state index is 6.60. The minimum atomic E-state index is 0.890. The molecule has 0 amide bonds. The first-order chi connectivity index (χ1) is 29.3. The molecule has 12 rings (SSSR count). The largest absolute Gasteiger partial charge is 0.454 e. The number of furan rings is 1. The third-order valence-electron chi connectivity index (χ3n) is 12.0. The van der Waals surface area contributed by atoms with E-state index in [1.54, 1.807) is 0 Å². The van der Waals surface area contributed by atoms with E-state index in [9.17, 15) is 0 Å². The topological polar surface area (TPSA) is 21.3 Å². The van der Waals surface area contributed by atoms with Crippen LogP contribution < -0.4 is 4.90 Å². The molecule has 0 unspecified atom stereocenters. The smallest absolute Gasteiger partial charge is 0.159 e. The van der Waals surface area contributed by atoms with Crippen LogP contribution in [0, 0.1) is 0 Å². The van der Waals surface area contributed by atoms with Gasteiger partial charge in [-0.1, -0.05) is 164 Å². The Morgan fingerprint density at radius 3 is 1.85 bits per heavy atom. The van der Waals surface area contributed by atoms with Gasteiger partial charge in [0.15, 0.2) is 5.58 Å². The number of para-hydroxylation sites is 3. The highest BCUT2D eigenvalue weighted by atomic mass is 16.3. The molecule has 0 bridgehead atoms. The average Bonchev–Trinajstić information content (AvgIpc) is 3.86. The standard InChI is InChI=1S/C56H36N2O/c1-3-20-43-37(14-1)16-10-24-44(43)39-32-34-41(35-33-39)57(50-28-11-17-38-15-2-4-21-45(38)50)42-19-9-18-40(36-42)46-25-12-29-52-55(46)49-23-5-7-27-51(49)58(52)53-30-13-26-48-47-22-6-8-31-54(47)59-56(48)53/h1-36H. The second-order valence-electron chi connectivity index (χ2n) is 15.3. The van der Waals surface area contributed by atoms with Crippen molar-refractivity contribution in [1.29, 1.82) is 0 Å². The molecule has 2 aromatic heterocycles. The Hall–Kier alpha value is -7.88. The summed E-state index contributed by atoms with van der Waals surface area (Å²) in [5.41, 5.74) is 13.2. The second-order valence-corrected chi connectivity index (χ2v) is 15.3. The average molecular weight is 753 g/mol. The molecule has 0 saturated carbocycles. The molecule has 3 nitrogen and oxygen atoms in total. The fraction of sp³-hybridized carbons (Fsp3) is 0. The van der Waals surface area contributed by atoms with Gasteiger partial charge in [-0.05, 0) is 93.0 Å². The van der Waals surface area contributed by atoms with Crippen LogP contribution in [0.5, 0.6) is 0 Å². The van der Waals surface area contributed by atoms with E-state index in [4.69, 9.17) is 4.42 Å². The molecule has 0 aliphatic heterocycles. The van der Waals surface area contributed by atoms with Gasteiger partial charge in [-0.2, -0.15) is 0 Å². The Morgan fingerprint density at radius 1 is 0.373 bits per heavy atom. The molecule has 0 saturated heterocycles.